The molecule has 8 nitrogen and oxygen atoms in total. The van der Waals surface area contributed by atoms with E-state index in [9.17, 15) is 14.7 Å². The topological polar surface area (TPSA) is 113 Å². The fourth-order valence-electron chi connectivity index (χ4n) is 3.63. The molecule has 0 radical (unpaired) electrons. The van der Waals surface area contributed by atoms with E-state index < -0.39 is 5.91 Å². The average Bonchev–Trinajstić information content (AvgIpc) is 3.14. The third-order valence-corrected chi connectivity index (χ3v) is 5.66. The maximum absolute atomic E-state index is 13.2. The number of azo groups is 1. The molecule has 0 spiro atoms. The lowest BCUT2D eigenvalue weighted by Crippen LogP contribution is -2.26. The number of fused-ring (bicyclic) bond motifs is 2. The summed E-state index contributed by atoms with van der Waals surface area (Å²) >= 11 is 3.38. The van der Waals surface area contributed by atoms with Gasteiger partial charge in [-0.1, -0.05) is 58.4 Å². The number of aromatic hydroxyl groups is 1. The maximum Gasteiger partial charge on any atom is 0.284 e. The molecule has 5 aromatic rings. The SMILES string of the molecule is O=C(Cn1c(-c2ccccc2)nc2ccccc2c1=O)N=Nc1c(O)[nH]c2ccc(Br)cc12. The average molecular weight is 502 g/mol. The lowest BCUT2D eigenvalue weighted by atomic mass is 10.2. The summed E-state index contributed by atoms with van der Waals surface area (Å²) in [7, 11) is 0. The number of nitrogens with one attached hydrogen (secondary N) is 1. The molecule has 0 fully saturated rings. The number of carbonyl (C=O) groups is 1. The predicted molar refractivity (Wildman–Crippen MR) is 129 cm³/mol. The number of benzene rings is 3. The Bertz CT molecular complexity index is 1610. The van der Waals surface area contributed by atoms with Crippen molar-refractivity contribution in [2.75, 3.05) is 0 Å². The van der Waals surface area contributed by atoms with Crippen molar-refractivity contribution < 1.29 is 9.90 Å². The molecule has 3 aromatic carbocycles. The van der Waals surface area contributed by atoms with Crippen LogP contribution in [0, 0.1) is 0 Å². The third-order valence-electron chi connectivity index (χ3n) is 5.16. The molecule has 1 amide bonds. The molecule has 0 bridgehead atoms. The van der Waals surface area contributed by atoms with E-state index in [2.05, 4.69) is 36.1 Å². The number of amides is 1. The van der Waals surface area contributed by atoms with Gasteiger partial charge in [0.2, 0.25) is 5.88 Å². The Balaban J connectivity index is 1.55. The highest BCUT2D eigenvalue weighted by molar-refractivity contribution is 9.10. The van der Waals surface area contributed by atoms with Crippen molar-refractivity contribution in [2.24, 2.45) is 10.2 Å². The van der Waals surface area contributed by atoms with Crippen LogP contribution >= 0.6 is 15.9 Å². The van der Waals surface area contributed by atoms with Crippen molar-refractivity contribution >= 4 is 49.3 Å². The number of nitrogens with zero attached hydrogens (tertiary/aromatic N) is 4. The second-order valence-electron chi connectivity index (χ2n) is 7.32. The number of aromatic amines is 1. The lowest BCUT2D eigenvalue weighted by Gasteiger charge is -2.12. The molecule has 0 unspecified atom stereocenters. The Labute approximate surface area is 195 Å². The summed E-state index contributed by atoms with van der Waals surface area (Å²) in [5, 5.41) is 18.9. The first-order valence-electron chi connectivity index (χ1n) is 10.0. The molecule has 2 N–H and O–H groups in total. The zero-order valence-electron chi connectivity index (χ0n) is 17.1. The molecule has 2 heterocycles. The number of halogens is 1. The number of hydrogen-bond acceptors (Lipinski definition) is 5. The van der Waals surface area contributed by atoms with Crippen LogP contribution in [0.5, 0.6) is 5.88 Å². The highest BCUT2D eigenvalue weighted by Crippen LogP contribution is 2.36. The Kier molecular flexibility index (Phi) is 5.31. The van der Waals surface area contributed by atoms with Gasteiger partial charge in [-0.25, -0.2) is 4.98 Å². The number of H-pyrrole nitrogens is 1. The van der Waals surface area contributed by atoms with Crippen LogP contribution in [0.2, 0.25) is 0 Å². The van der Waals surface area contributed by atoms with Crippen molar-refractivity contribution in [3.63, 3.8) is 0 Å². The standard InChI is InChI=1S/C24H16BrN5O3/c25-15-10-11-19-17(12-15)21(23(32)27-19)29-28-20(31)13-30-22(14-6-2-1-3-7-14)26-18-9-5-4-8-16(18)24(30)33/h1-12,27,32H,13H2. The molecule has 2 aromatic heterocycles. The van der Waals surface area contributed by atoms with Crippen LogP contribution in [0.1, 0.15) is 0 Å². The van der Waals surface area contributed by atoms with Gasteiger partial charge in [-0.15, -0.1) is 10.2 Å². The summed E-state index contributed by atoms with van der Waals surface area (Å²) < 4.78 is 2.09. The van der Waals surface area contributed by atoms with Crippen LogP contribution in [-0.2, 0) is 11.3 Å². The summed E-state index contributed by atoms with van der Waals surface area (Å²) in [6, 6.07) is 21.5. The van der Waals surface area contributed by atoms with Crippen molar-refractivity contribution in [3.8, 4) is 17.3 Å². The predicted octanol–water partition coefficient (Wildman–Crippen LogP) is 5.32. The van der Waals surface area contributed by atoms with Crippen LogP contribution in [-0.4, -0.2) is 25.5 Å². The van der Waals surface area contributed by atoms with Gasteiger partial charge in [-0.3, -0.25) is 14.2 Å². The van der Waals surface area contributed by atoms with Gasteiger partial charge in [0.25, 0.3) is 11.5 Å². The quantitative estimate of drug-likeness (QED) is 0.324. The Morgan fingerprint density at radius 3 is 2.61 bits per heavy atom. The minimum Gasteiger partial charge on any atom is -0.493 e. The van der Waals surface area contributed by atoms with E-state index in [1.807, 2.05) is 36.4 Å². The Morgan fingerprint density at radius 2 is 1.79 bits per heavy atom. The Morgan fingerprint density at radius 1 is 1.03 bits per heavy atom. The van der Waals surface area contributed by atoms with E-state index in [4.69, 9.17) is 0 Å². The van der Waals surface area contributed by atoms with Gasteiger partial charge in [-0.05, 0) is 30.3 Å². The zero-order valence-corrected chi connectivity index (χ0v) is 18.7. The van der Waals surface area contributed by atoms with Crippen molar-refractivity contribution in [3.05, 3.63) is 87.6 Å². The molecule has 0 saturated carbocycles. The highest BCUT2D eigenvalue weighted by Gasteiger charge is 2.16. The molecule has 0 aliphatic carbocycles. The van der Waals surface area contributed by atoms with E-state index in [1.165, 1.54) is 4.57 Å². The molecule has 0 saturated heterocycles. The number of aromatic nitrogens is 3. The minimum absolute atomic E-state index is 0.145. The van der Waals surface area contributed by atoms with Gasteiger partial charge < -0.3 is 10.1 Å². The minimum atomic E-state index is -0.657. The van der Waals surface area contributed by atoms with Gasteiger partial charge >= 0.3 is 0 Å². The summed E-state index contributed by atoms with van der Waals surface area (Å²) in [6.07, 6.45) is 0. The normalized spacial score (nSPS) is 11.5. The first-order valence-corrected chi connectivity index (χ1v) is 10.8. The van der Waals surface area contributed by atoms with Crippen LogP contribution < -0.4 is 5.56 Å². The van der Waals surface area contributed by atoms with Crippen molar-refractivity contribution in [1.29, 1.82) is 0 Å². The molecule has 33 heavy (non-hydrogen) atoms. The molecule has 9 heteroatoms. The summed E-state index contributed by atoms with van der Waals surface area (Å²) in [6.45, 7) is -0.350. The monoisotopic (exact) mass is 501 g/mol. The van der Waals surface area contributed by atoms with Crippen LogP contribution in [0.25, 0.3) is 33.2 Å². The van der Waals surface area contributed by atoms with Crippen molar-refractivity contribution in [2.45, 2.75) is 6.54 Å². The molecule has 0 aliphatic rings. The first kappa shape index (κ1) is 20.8. The van der Waals surface area contributed by atoms with Crippen molar-refractivity contribution in [1.82, 2.24) is 14.5 Å². The summed E-state index contributed by atoms with van der Waals surface area (Å²) in [5.41, 5.74) is 1.69. The van der Waals surface area contributed by atoms with Crippen LogP contribution in [0.3, 0.4) is 0 Å². The number of hydrogen-bond donors (Lipinski definition) is 2. The molecule has 0 aliphatic heterocycles. The smallest absolute Gasteiger partial charge is 0.284 e. The van der Waals surface area contributed by atoms with Gasteiger partial charge in [0, 0.05) is 15.4 Å². The highest BCUT2D eigenvalue weighted by atomic mass is 79.9. The lowest BCUT2D eigenvalue weighted by molar-refractivity contribution is -0.118. The molecule has 0 atom stereocenters. The van der Waals surface area contributed by atoms with Gasteiger partial charge in [0.15, 0.2) is 5.69 Å². The second-order valence-corrected chi connectivity index (χ2v) is 8.23. The maximum atomic E-state index is 13.2. The molecule has 162 valence electrons. The first-order chi connectivity index (χ1) is 16.0. The summed E-state index contributed by atoms with van der Waals surface area (Å²) in [4.78, 5) is 33.4. The van der Waals surface area contributed by atoms with Gasteiger partial charge in [-0.2, -0.15) is 0 Å². The number of rotatable bonds is 4. The van der Waals surface area contributed by atoms with E-state index in [0.29, 0.717) is 33.2 Å². The molecule has 5 rings (SSSR count). The largest absolute Gasteiger partial charge is 0.493 e. The van der Waals surface area contributed by atoms with E-state index in [-0.39, 0.29) is 23.7 Å². The van der Waals surface area contributed by atoms with Crippen LogP contribution in [0.4, 0.5) is 5.69 Å². The van der Waals surface area contributed by atoms with Gasteiger partial charge in [0.1, 0.15) is 12.4 Å². The molecular weight excluding hydrogens is 486 g/mol. The van der Waals surface area contributed by atoms with Crippen LogP contribution in [0.15, 0.2) is 92.3 Å². The van der Waals surface area contributed by atoms with E-state index in [0.717, 1.165) is 4.47 Å². The van der Waals surface area contributed by atoms with Gasteiger partial charge in [0.05, 0.1) is 16.4 Å². The summed E-state index contributed by atoms with van der Waals surface area (Å²) in [5.74, 6) is -0.494. The number of para-hydroxylation sites is 1. The number of carbonyl (C=O) groups excluding carboxylic acids is 1. The van der Waals surface area contributed by atoms with E-state index >= 15 is 0 Å². The molecular formula is C24H16BrN5O3. The fraction of sp³-hybridized carbons (Fsp3) is 0.0417. The Hall–Kier alpha value is -4.11. The van der Waals surface area contributed by atoms with E-state index in [1.54, 1.807) is 36.4 Å². The third kappa shape index (κ3) is 3.94. The fourth-order valence-corrected chi connectivity index (χ4v) is 3.99. The zero-order chi connectivity index (χ0) is 22.9. The second kappa shape index (κ2) is 8.44.